The molecule has 1 N–H and O–H groups in total. The summed E-state index contributed by atoms with van der Waals surface area (Å²) in [5.74, 6) is 0.252. The molecule has 0 bridgehead atoms. The third kappa shape index (κ3) is 5.90. The van der Waals surface area contributed by atoms with Crippen molar-refractivity contribution in [3.8, 4) is 0 Å². The van der Waals surface area contributed by atoms with Crippen LogP contribution in [0.5, 0.6) is 0 Å². The number of carbonyl (C=O) groups is 1. The number of nitrogens with one attached hydrogen (secondary N) is 1. The Balaban J connectivity index is 1.43. The number of nitrogens with zero attached hydrogens (tertiary/aromatic N) is 3. The molecule has 158 valence electrons. The van der Waals surface area contributed by atoms with Crippen LogP contribution < -0.4 is 5.32 Å². The van der Waals surface area contributed by atoms with E-state index in [0.717, 1.165) is 31.4 Å². The van der Waals surface area contributed by atoms with Crippen molar-refractivity contribution in [2.24, 2.45) is 5.92 Å². The second-order valence-corrected chi connectivity index (χ2v) is 9.55. The molecule has 2 aromatic rings. The molecule has 1 fully saturated rings. The van der Waals surface area contributed by atoms with Gasteiger partial charge in [0.2, 0.25) is 15.9 Å². The van der Waals surface area contributed by atoms with Gasteiger partial charge >= 0.3 is 0 Å². The Labute approximate surface area is 173 Å². The lowest BCUT2D eigenvalue weighted by Gasteiger charge is -2.32. The van der Waals surface area contributed by atoms with E-state index in [1.54, 1.807) is 22.6 Å². The van der Waals surface area contributed by atoms with E-state index < -0.39 is 10.0 Å². The van der Waals surface area contributed by atoms with Crippen molar-refractivity contribution in [3.63, 3.8) is 0 Å². The topological polar surface area (TPSA) is 84.3 Å². The van der Waals surface area contributed by atoms with Gasteiger partial charge in [-0.1, -0.05) is 18.2 Å². The molecule has 1 amide bonds. The first-order valence-electron chi connectivity index (χ1n) is 10.3. The first-order valence-corrected chi connectivity index (χ1v) is 11.7. The van der Waals surface area contributed by atoms with Crippen molar-refractivity contribution in [2.75, 3.05) is 19.6 Å². The number of hydrogen-bond donors (Lipinski definition) is 1. The highest BCUT2D eigenvalue weighted by Crippen LogP contribution is 2.27. The summed E-state index contributed by atoms with van der Waals surface area (Å²) in [5, 5.41) is 7.08. The van der Waals surface area contributed by atoms with E-state index in [9.17, 15) is 13.2 Å². The first-order chi connectivity index (χ1) is 14.0. The molecule has 0 radical (unpaired) electrons. The third-order valence-corrected chi connectivity index (χ3v) is 7.44. The SMILES string of the molecule is Cc1ccccc1S(=O)(=O)N1CCCC(CCC(=O)NCCCn2cccn2)C1. The standard InChI is InChI=1S/C21H30N4O3S/c1-18-7-2-3-9-20(18)29(27,28)25-16-4-8-19(17-25)10-11-21(26)22-12-5-14-24-15-6-13-23-24/h2-3,6-7,9,13,15,19H,4-5,8,10-12,14,16-17H2,1H3,(H,22,26). The maximum absolute atomic E-state index is 13.0. The van der Waals surface area contributed by atoms with Gasteiger partial charge in [0, 0.05) is 45.0 Å². The van der Waals surface area contributed by atoms with Crippen LogP contribution in [-0.4, -0.2) is 48.0 Å². The van der Waals surface area contributed by atoms with Gasteiger partial charge in [-0.25, -0.2) is 8.42 Å². The van der Waals surface area contributed by atoms with E-state index in [1.807, 2.05) is 36.0 Å². The van der Waals surface area contributed by atoms with Gasteiger partial charge in [0.25, 0.3) is 0 Å². The van der Waals surface area contributed by atoms with Crippen LogP contribution in [0, 0.1) is 12.8 Å². The average molecular weight is 419 g/mol. The lowest BCUT2D eigenvalue weighted by Crippen LogP contribution is -2.40. The van der Waals surface area contributed by atoms with Crippen LogP contribution in [0.25, 0.3) is 0 Å². The lowest BCUT2D eigenvalue weighted by molar-refractivity contribution is -0.121. The number of sulfonamides is 1. The fourth-order valence-corrected chi connectivity index (χ4v) is 5.57. The lowest BCUT2D eigenvalue weighted by atomic mass is 9.94. The minimum absolute atomic E-state index is 0.0318. The largest absolute Gasteiger partial charge is 0.356 e. The van der Waals surface area contributed by atoms with E-state index in [0.29, 0.717) is 37.4 Å². The maximum Gasteiger partial charge on any atom is 0.243 e. The van der Waals surface area contributed by atoms with Crippen LogP contribution in [0.1, 0.15) is 37.7 Å². The van der Waals surface area contributed by atoms with Gasteiger partial charge in [-0.05, 0) is 56.2 Å². The molecule has 1 aliphatic rings. The third-order valence-electron chi connectivity index (χ3n) is 5.42. The summed E-state index contributed by atoms with van der Waals surface area (Å²) < 4.78 is 29.4. The summed E-state index contributed by atoms with van der Waals surface area (Å²) in [6.45, 7) is 4.26. The van der Waals surface area contributed by atoms with E-state index in [-0.39, 0.29) is 11.8 Å². The molecule has 0 aliphatic carbocycles. The van der Waals surface area contributed by atoms with Crippen molar-refractivity contribution >= 4 is 15.9 Å². The Kier molecular flexibility index (Phi) is 7.44. The number of benzene rings is 1. The molecule has 0 spiro atoms. The molecule has 0 saturated carbocycles. The first kappa shape index (κ1) is 21.5. The molecule has 1 unspecified atom stereocenters. The highest BCUT2D eigenvalue weighted by atomic mass is 32.2. The second-order valence-electron chi connectivity index (χ2n) is 7.65. The fourth-order valence-electron chi connectivity index (χ4n) is 3.79. The molecule has 1 aromatic carbocycles. The molecule has 2 heterocycles. The van der Waals surface area contributed by atoms with Gasteiger partial charge < -0.3 is 5.32 Å². The number of piperidine rings is 1. The summed E-state index contributed by atoms with van der Waals surface area (Å²) in [4.78, 5) is 12.5. The van der Waals surface area contributed by atoms with Crippen LogP contribution in [0.15, 0.2) is 47.6 Å². The molecule has 1 atom stereocenters. The normalized spacial score (nSPS) is 17.9. The number of aromatic nitrogens is 2. The zero-order chi connectivity index (χ0) is 20.7. The summed E-state index contributed by atoms with van der Waals surface area (Å²) >= 11 is 0. The molecular formula is C21H30N4O3S. The number of aryl methyl sites for hydroxylation is 2. The molecule has 3 rings (SSSR count). The zero-order valence-corrected chi connectivity index (χ0v) is 17.8. The zero-order valence-electron chi connectivity index (χ0n) is 17.0. The summed E-state index contributed by atoms with van der Waals surface area (Å²) in [6, 6.07) is 8.99. The molecule has 1 saturated heterocycles. The number of amides is 1. The number of rotatable bonds is 9. The van der Waals surface area contributed by atoms with Gasteiger partial charge in [0.1, 0.15) is 0 Å². The predicted molar refractivity (Wildman–Crippen MR) is 112 cm³/mol. The van der Waals surface area contributed by atoms with Gasteiger partial charge in [-0.3, -0.25) is 9.48 Å². The highest BCUT2D eigenvalue weighted by molar-refractivity contribution is 7.89. The van der Waals surface area contributed by atoms with Crippen molar-refractivity contribution in [2.45, 2.75) is 50.5 Å². The van der Waals surface area contributed by atoms with Crippen molar-refractivity contribution in [1.82, 2.24) is 19.4 Å². The quantitative estimate of drug-likeness (QED) is 0.635. The molecule has 1 aliphatic heterocycles. The van der Waals surface area contributed by atoms with Crippen LogP contribution in [-0.2, 0) is 21.4 Å². The van der Waals surface area contributed by atoms with Crippen molar-refractivity contribution < 1.29 is 13.2 Å². The minimum Gasteiger partial charge on any atom is -0.356 e. The molecule has 8 heteroatoms. The second kappa shape index (κ2) is 10.0. The molecule has 1 aromatic heterocycles. The Hall–Kier alpha value is -2.19. The predicted octanol–water partition coefficient (Wildman–Crippen LogP) is 2.58. The average Bonchev–Trinajstić information content (AvgIpc) is 3.24. The minimum atomic E-state index is -3.48. The van der Waals surface area contributed by atoms with Crippen LogP contribution in [0.2, 0.25) is 0 Å². The Morgan fingerprint density at radius 3 is 2.86 bits per heavy atom. The van der Waals surface area contributed by atoms with Gasteiger partial charge in [0.05, 0.1) is 4.90 Å². The number of carbonyl (C=O) groups excluding carboxylic acids is 1. The fraction of sp³-hybridized carbons (Fsp3) is 0.524. The van der Waals surface area contributed by atoms with Gasteiger partial charge in [-0.15, -0.1) is 0 Å². The summed E-state index contributed by atoms with van der Waals surface area (Å²) in [6.07, 6.45) is 7.43. The van der Waals surface area contributed by atoms with E-state index >= 15 is 0 Å². The summed E-state index contributed by atoms with van der Waals surface area (Å²) in [7, 11) is -3.48. The van der Waals surface area contributed by atoms with Gasteiger partial charge in [-0.2, -0.15) is 9.40 Å². The van der Waals surface area contributed by atoms with Crippen molar-refractivity contribution in [1.29, 1.82) is 0 Å². The Morgan fingerprint density at radius 1 is 1.28 bits per heavy atom. The Bertz CT molecular complexity index is 896. The van der Waals surface area contributed by atoms with E-state index in [2.05, 4.69) is 10.4 Å². The highest BCUT2D eigenvalue weighted by Gasteiger charge is 2.31. The smallest absolute Gasteiger partial charge is 0.243 e. The maximum atomic E-state index is 13.0. The molecule has 29 heavy (non-hydrogen) atoms. The number of hydrogen-bond acceptors (Lipinski definition) is 4. The van der Waals surface area contributed by atoms with Crippen LogP contribution in [0.3, 0.4) is 0 Å². The molecular weight excluding hydrogens is 388 g/mol. The van der Waals surface area contributed by atoms with Gasteiger partial charge in [0.15, 0.2) is 0 Å². The van der Waals surface area contributed by atoms with E-state index in [4.69, 9.17) is 0 Å². The monoisotopic (exact) mass is 418 g/mol. The van der Waals surface area contributed by atoms with Crippen LogP contribution in [0.4, 0.5) is 0 Å². The van der Waals surface area contributed by atoms with E-state index in [1.165, 1.54) is 0 Å². The van der Waals surface area contributed by atoms with Crippen molar-refractivity contribution in [3.05, 3.63) is 48.3 Å². The summed E-state index contributed by atoms with van der Waals surface area (Å²) in [5.41, 5.74) is 0.768. The Morgan fingerprint density at radius 2 is 2.10 bits per heavy atom. The molecule has 7 nitrogen and oxygen atoms in total. The van der Waals surface area contributed by atoms with Crippen LogP contribution >= 0.6 is 0 Å².